The largest absolute Gasteiger partial charge is 0.495 e. The Morgan fingerprint density at radius 1 is 1.55 bits per heavy atom. The van der Waals surface area contributed by atoms with E-state index in [0.717, 1.165) is 15.9 Å². The number of hydrogen-bond donors (Lipinski definition) is 2. The van der Waals surface area contributed by atoms with Crippen LogP contribution in [0.25, 0.3) is 0 Å². The van der Waals surface area contributed by atoms with E-state index in [1.165, 1.54) is 10.9 Å². The van der Waals surface area contributed by atoms with E-state index in [0.29, 0.717) is 13.1 Å². The predicted molar refractivity (Wildman–Crippen MR) is 76.2 cm³/mol. The summed E-state index contributed by atoms with van der Waals surface area (Å²) in [5, 5.41) is 19.2. The fraction of sp³-hybridized carbons (Fsp3) is 0.250. The third-order valence-electron chi connectivity index (χ3n) is 2.58. The maximum absolute atomic E-state index is 10.7. The van der Waals surface area contributed by atoms with E-state index >= 15 is 0 Å². The zero-order valence-corrected chi connectivity index (χ0v) is 12.3. The lowest BCUT2D eigenvalue weighted by atomic mass is 10.3. The highest BCUT2D eigenvalue weighted by molar-refractivity contribution is 9.10. The van der Waals surface area contributed by atoms with Gasteiger partial charge in [-0.2, -0.15) is 0 Å². The van der Waals surface area contributed by atoms with Crippen LogP contribution in [0.2, 0.25) is 0 Å². The molecule has 106 valence electrons. The highest BCUT2D eigenvalue weighted by Gasteiger charge is 2.07. The highest BCUT2D eigenvalue weighted by atomic mass is 79.9. The van der Waals surface area contributed by atoms with Crippen LogP contribution < -0.4 is 10.1 Å². The first kappa shape index (κ1) is 14.3. The smallest absolute Gasteiger partial charge is 0.358 e. The van der Waals surface area contributed by atoms with Gasteiger partial charge in [-0.1, -0.05) is 5.21 Å². The first-order chi connectivity index (χ1) is 9.60. The van der Waals surface area contributed by atoms with Crippen molar-refractivity contribution in [3.63, 3.8) is 0 Å². The van der Waals surface area contributed by atoms with E-state index in [9.17, 15) is 4.79 Å². The summed E-state index contributed by atoms with van der Waals surface area (Å²) in [7, 11) is 1.60. The molecule has 0 unspecified atom stereocenters. The number of nitrogens with one attached hydrogen (secondary N) is 1. The molecular weight excluding hydrogens is 328 g/mol. The van der Waals surface area contributed by atoms with Crippen LogP contribution in [0.1, 0.15) is 10.5 Å². The molecule has 0 amide bonds. The zero-order valence-electron chi connectivity index (χ0n) is 10.7. The van der Waals surface area contributed by atoms with Gasteiger partial charge in [-0.05, 0) is 28.1 Å². The summed E-state index contributed by atoms with van der Waals surface area (Å²) < 4.78 is 7.56. The fourth-order valence-corrected chi connectivity index (χ4v) is 2.00. The van der Waals surface area contributed by atoms with Gasteiger partial charge in [0.25, 0.3) is 0 Å². The van der Waals surface area contributed by atoms with Gasteiger partial charge >= 0.3 is 5.97 Å². The van der Waals surface area contributed by atoms with Crippen molar-refractivity contribution < 1.29 is 14.6 Å². The number of methoxy groups -OCH3 is 1. The third-order valence-corrected chi connectivity index (χ3v) is 3.23. The normalized spacial score (nSPS) is 10.3. The summed E-state index contributed by atoms with van der Waals surface area (Å²) in [4.78, 5) is 10.7. The molecule has 0 aliphatic rings. The van der Waals surface area contributed by atoms with Crippen LogP contribution >= 0.6 is 15.9 Å². The highest BCUT2D eigenvalue weighted by Crippen LogP contribution is 2.27. The molecule has 0 saturated carbocycles. The topological polar surface area (TPSA) is 89.3 Å². The Morgan fingerprint density at radius 3 is 3.00 bits per heavy atom. The molecule has 20 heavy (non-hydrogen) atoms. The van der Waals surface area contributed by atoms with E-state index in [-0.39, 0.29) is 5.69 Å². The summed E-state index contributed by atoms with van der Waals surface area (Å²) in [6.45, 7) is 1.10. The molecule has 1 aromatic carbocycles. The molecule has 7 nitrogen and oxygen atoms in total. The lowest BCUT2D eigenvalue weighted by Crippen LogP contribution is -2.11. The monoisotopic (exact) mass is 340 g/mol. The molecule has 2 N–H and O–H groups in total. The van der Waals surface area contributed by atoms with Crippen molar-refractivity contribution in [2.24, 2.45) is 0 Å². The van der Waals surface area contributed by atoms with Crippen LogP contribution in [-0.2, 0) is 6.54 Å². The van der Waals surface area contributed by atoms with Crippen molar-refractivity contribution in [3.8, 4) is 5.75 Å². The van der Waals surface area contributed by atoms with Crippen LogP contribution in [0.5, 0.6) is 5.75 Å². The van der Waals surface area contributed by atoms with Gasteiger partial charge in [-0.15, -0.1) is 5.10 Å². The summed E-state index contributed by atoms with van der Waals surface area (Å²) in [6, 6.07) is 5.67. The molecule has 0 aliphatic carbocycles. The van der Waals surface area contributed by atoms with Crippen LogP contribution in [0.15, 0.2) is 28.9 Å². The molecule has 1 heterocycles. The number of hydrogen-bond acceptors (Lipinski definition) is 5. The standard InChI is InChI=1S/C12H13BrN4O3/c1-20-11-6-8(2-3-9(11)13)14-4-5-17-7-10(12(18)19)15-16-17/h2-3,6-7,14H,4-5H2,1H3,(H,18,19). The Kier molecular flexibility index (Phi) is 4.57. The molecule has 1 aromatic heterocycles. The quantitative estimate of drug-likeness (QED) is 0.834. The number of carbonyl (C=O) groups is 1. The molecule has 0 spiro atoms. The van der Waals surface area contributed by atoms with Crippen molar-refractivity contribution in [2.45, 2.75) is 6.54 Å². The fourth-order valence-electron chi connectivity index (χ4n) is 1.59. The van der Waals surface area contributed by atoms with Gasteiger partial charge in [0.2, 0.25) is 0 Å². The summed E-state index contributed by atoms with van der Waals surface area (Å²) in [5.74, 6) is -0.342. The number of nitrogens with zero attached hydrogens (tertiary/aromatic N) is 3. The number of halogens is 1. The molecule has 2 aromatic rings. The van der Waals surface area contributed by atoms with E-state index in [2.05, 4.69) is 31.6 Å². The number of carboxylic acid groups (broad SMARTS) is 1. The van der Waals surface area contributed by atoms with Gasteiger partial charge in [0.15, 0.2) is 5.69 Å². The Morgan fingerprint density at radius 2 is 2.35 bits per heavy atom. The van der Waals surface area contributed by atoms with Crippen LogP contribution in [0.3, 0.4) is 0 Å². The number of anilines is 1. The van der Waals surface area contributed by atoms with Crippen molar-refractivity contribution in [1.29, 1.82) is 0 Å². The molecule has 0 bridgehead atoms. The molecular formula is C12H13BrN4O3. The predicted octanol–water partition coefficient (Wildman–Crippen LogP) is 1.86. The number of rotatable bonds is 6. The van der Waals surface area contributed by atoms with Crippen molar-refractivity contribution in [1.82, 2.24) is 15.0 Å². The third kappa shape index (κ3) is 3.47. The average molecular weight is 341 g/mol. The SMILES string of the molecule is COc1cc(NCCn2cc(C(=O)O)nn2)ccc1Br. The minimum Gasteiger partial charge on any atom is -0.495 e. The Hall–Kier alpha value is -2.09. The average Bonchev–Trinajstić information content (AvgIpc) is 2.89. The van der Waals surface area contributed by atoms with Crippen molar-refractivity contribution in [3.05, 3.63) is 34.6 Å². The molecule has 0 atom stereocenters. The Labute approximate surface area is 123 Å². The molecule has 8 heteroatoms. The zero-order chi connectivity index (χ0) is 14.5. The summed E-state index contributed by atoms with van der Waals surface area (Å²) in [6.07, 6.45) is 1.40. The van der Waals surface area contributed by atoms with Gasteiger partial charge in [0.05, 0.1) is 24.3 Å². The second-order valence-corrected chi connectivity index (χ2v) is 4.80. The van der Waals surface area contributed by atoms with Gasteiger partial charge in [0.1, 0.15) is 5.75 Å². The molecule has 0 aliphatic heterocycles. The maximum Gasteiger partial charge on any atom is 0.358 e. The first-order valence-corrected chi connectivity index (χ1v) is 6.60. The summed E-state index contributed by atoms with van der Waals surface area (Å²) >= 11 is 3.38. The number of benzene rings is 1. The van der Waals surface area contributed by atoms with E-state index in [1.54, 1.807) is 7.11 Å². The van der Waals surface area contributed by atoms with Crippen molar-refractivity contribution in [2.75, 3.05) is 19.0 Å². The van der Waals surface area contributed by atoms with Gasteiger partial charge in [-0.25, -0.2) is 9.48 Å². The molecule has 0 fully saturated rings. The second kappa shape index (κ2) is 6.38. The Balaban J connectivity index is 1.90. The van der Waals surface area contributed by atoms with Gasteiger partial charge in [0, 0.05) is 18.3 Å². The molecule has 0 saturated heterocycles. The number of aromatic nitrogens is 3. The second-order valence-electron chi connectivity index (χ2n) is 3.95. The number of aromatic carboxylic acids is 1. The van der Waals surface area contributed by atoms with Gasteiger partial charge < -0.3 is 15.2 Å². The maximum atomic E-state index is 10.7. The van der Waals surface area contributed by atoms with Crippen LogP contribution in [0.4, 0.5) is 5.69 Å². The lowest BCUT2D eigenvalue weighted by molar-refractivity contribution is 0.0690. The lowest BCUT2D eigenvalue weighted by Gasteiger charge is -2.09. The minimum atomic E-state index is -1.08. The van der Waals surface area contributed by atoms with Crippen LogP contribution in [0, 0.1) is 0 Å². The number of ether oxygens (including phenoxy) is 1. The van der Waals surface area contributed by atoms with Gasteiger partial charge in [-0.3, -0.25) is 0 Å². The molecule has 0 radical (unpaired) electrons. The van der Waals surface area contributed by atoms with Crippen molar-refractivity contribution >= 4 is 27.6 Å². The van der Waals surface area contributed by atoms with E-state index in [4.69, 9.17) is 9.84 Å². The van der Waals surface area contributed by atoms with E-state index < -0.39 is 5.97 Å². The van der Waals surface area contributed by atoms with E-state index in [1.807, 2.05) is 18.2 Å². The summed E-state index contributed by atoms with van der Waals surface area (Å²) in [5.41, 5.74) is 0.846. The minimum absolute atomic E-state index is 0.0599. The Bertz CT molecular complexity index is 614. The number of carboxylic acids is 1. The van der Waals surface area contributed by atoms with Crippen LogP contribution in [-0.4, -0.2) is 39.7 Å². The molecule has 2 rings (SSSR count). The first-order valence-electron chi connectivity index (χ1n) is 5.81.